The van der Waals surface area contributed by atoms with Gasteiger partial charge in [-0.15, -0.1) is 0 Å². The Hall–Kier alpha value is -3.10. The number of nitrogens with one attached hydrogen (secondary N) is 2. The van der Waals surface area contributed by atoms with Crippen LogP contribution in [-0.2, 0) is 30.3 Å². The number of nitrogens with zero attached hydrogens (tertiary/aromatic N) is 1. The van der Waals surface area contributed by atoms with E-state index in [0.717, 1.165) is 31.2 Å². The number of carbonyl (C=O) groups excluding carboxylic acids is 4. The van der Waals surface area contributed by atoms with E-state index in [1.54, 1.807) is 25.7 Å². The van der Waals surface area contributed by atoms with E-state index in [1.807, 2.05) is 45.0 Å². The molecule has 1 saturated carbocycles. The zero-order valence-electron chi connectivity index (χ0n) is 23.3. The molecule has 2 N–H and O–H groups in total. The van der Waals surface area contributed by atoms with Crippen LogP contribution < -0.4 is 10.6 Å². The van der Waals surface area contributed by atoms with Crippen molar-refractivity contribution < 1.29 is 28.7 Å². The van der Waals surface area contributed by atoms with Crippen molar-refractivity contribution >= 4 is 23.9 Å². The maximum atomic E-state index is 14.2. The third kappa shape index (κ3) is 8.47. The van der Waals surface area contributed by atoms with Gasteiger partial charge in [0.15, 0.2) is 0 Å². The molecule has 1 aliphatic rings. The Balaban J connectivity index is 2.49. The lowest BCUT2D eigenvalue weighted by Crippen LogP contribution is -2.59. The van der Waals surface area contributed by atoms with E-state index >= 15 is 0 Å². The lowest BCUT2D eigenvalue weighted by molar-refractivity contribution is -0.149. The maximum absolute atomic E-state index is 14.2. The second kappa shape index (κ2) is 13.4. The van der Waals surface area contributed by atoms with E-state index in [9.17, 15) is 19.2 Å². The number of hydrogen-bond acceptors (Lipinski definition) is 6. The monoisotopic (exact) mass is 517 g/mol. The summed E-state index contributed by atoms with van der Waals surface area (Å²) in [6.07, 6.45) is 3.22. The van der Waals surface area contributed by atoms with Gasteiger partial charge in [-0.25, -0.2) is 4.79 Å². The molecule has 1 fully saturated rings. The third-order valence-electron chi connectivity index (χ3n) is 6.74. The van der Waals surface area contributed by atoms with Gasteiger partial charge in [0.25, 0.3) is 0 Å². The molecule has 0 bridgehead atoms. The molecular formula is C28H43N3O6. The number of ether oxygens (including phenoxy) is 2. The molecule has 0 heterocycles. The number of benzene rings is 1. The quantitative estimate of drug-likeness (QED) is 0.431. The van der Waals surface area contributed by atoms with Crippen LogP contribution in [0.25, 0.3) is 0 Å². The topological polar surface area (TPSA) is 114 Å². The van der Waals surface area contributed by atoms with Gasteiger partial charge < -0.3 is 25.0 Å². The Bertz CT molecular complexity index is 936. The predicted molar refractivity (Wildman–Crippen MR) is 141 cm³/mol. The zero-order chi connectivity index (χ0) is 27.8. The van der Waals surface area contributed by atoms with Crippen molar-refractivity contribution in [3.05, 3.63) is 35.4 Å². The highest BCUT2D eigenvalue weighted by molar-refractivity contribution is 5.93. The Labute approximate surface area is 220 Å². The molecule has 1 aromatic rings. The molecule has 9 nitrogen and oxygen atoms in total. The molecular weight excluding hydrogens is 474 g/mol. The third-order valence-corrected chi connectivity index (χ3v) is 6.74. The Morgan fingerprint density at radius 1 is 1.08 bits per heavy atom. The standard InChI is InChI=1S/C28H43N3O6/c1-8-18(3)23(30-27(35)37-28(4,5)6)26(34)31(21-11-10-12-21)24(25(33)29-17-22(32)36-7)20-15-13-19(9-2)14-16-20/h13-16,18,21,23-24H,8-12,17H2,1-7H3,(H,29,33)(H,30,35). The highest BCUT2D eigenvalue weighted by atomic mass is 16.6. The van der Waals surface area contributed by atoms with Crippen LogP contribution in [-0.4, -0.2) is 60.1 Å². The summed E-state index contributed by atoms with van der Waals surface area (Å²) in [5.74, 6) is -1.61. The minimum absolute atomic E-state index is 0.167. The van der Waals surface area contributed by atoms with Crippen molar-refractivity contribution in [2.75, 3.05) is 13.7 Å². The summed E-state index contributed by atoms with van der Waals surface area (Å²) in [7, 11) is 1.25. The van der Waals surface area contributed by atoms with E-state index < -0.39 is 35.7 Å². The van der Waals surface area contributed by atoms with Crippen LogP contribution in [0.4, 0.5) is 4.79 Å². The molecule has 0 aliphatic heterocycles. The molecule has 3 atom stereocenters. The van der Waals surface area contributed by atoms with Gasteiger partial charge in [0.1, 0.15) is 24.2 Å². The lowest BCUT2D eigenvalue weighted by Gasteiger charge is -2.44. The summed E-state index contributed by atoms with van der Waals surface area (Å²) >= 11 is 0. The van der Waals surface area contributed by atoms with Crippen molar-refractivity contribution in [3.63, 3.8) is 0 Å². The number of hydrogen-bond donors (Lipinski definition) is 2. The van der Waals surface area contributed by atoms with E-state index in [2.05, 4.69) is 15.4 Å². The zero-order valence-corrected chi connectivity index (χ0v) is 23.3. The van der Waals surface area contributed by atoms with E-state index in [1.165, 1.54) is 7.11 Å². The molecule has 0 aromatic heterocycles. The normalized spacial score (nSPS) is 16.0. The molecule has 3 amide bonds. The molecule has 206 valence electrons. The number of aryl methyl sites for hydroxylation is 1. The summed E-state index contributed by atoms with van der Waals surface area (Å²) in [6, 6.07) is 5.54. The van der Waals surface area contributed by atoms with Crippen LogP contribution in [0.2, 0.25) is 0 Å². The van der Waals surface area contributed by atoms with Gasteiger partial charge in [0.05, 0.1) is 7.11 Å². The Morgan fingerprint density at radius 2 is 1.70 bits per heavy atom. The van der Waals surface area contributed by atoms with Crippen molar-refractivity contribution in [2.24, 2.45) is 5.92 Å². The van der Waals surface area contributed by atoms with Crippen LogP contribution in [0.15, 0.2) is 24.3 Å². The Morgan fingerprint density at radius 3 is 2.16 bits per heavy atom. The van der Waals surface area contributed by atoms with Gasteiger partial charge in [0, 0.05) is 6.04 Å². The molecule has 1 aromatic carbocycles. The van der Waals surface area contributed by atoms with Gasteiger partial charge in [-0.05, 0) is 63.5 Å². The van der Waals surface area contributed by atoms with Gasteiger partial charge in [-0.2, -0.15) is 0 Å². The molecule has 0 radical (unpaired) electrons. The first-order valence-electron chi connectivity index (χ1n) is 13.2. The van der Waals surface area contributed by atoms with E-state index in [0.29, 0.717) is 12.0 Å². The predicted octanol–water partition coefficient (Wildman–Crippen LogP) is 3.90. The van der Waals surface area contributed by atoms with Crippen molar-refractivity contribution in [2.45, 2.75) is 97.4 Å². The Kier molecular flexibility index (Phi) is 10.9. The van der Waals surface area contributed by atoms with Crippen LogP contribution in [0, 0.1) is 5.92 Å². The van der Waals surface area contributed by atoms with Crippen LogP contribution in [0.5, 0.6) is 0 Å². The smallest absolute Gasteiger partial charge is 0.408 e. The first-order chi connectivity index (χ1) is 17.4. The van der Waals surface area contributed by atoms with Gasteiger partial charge in [-0.1, -0.05) is 51.5 Å². The van der Waals surface area contributed by atoms with E-state index in [-0.39, 0.29) is 24.4 Å². The van der Waals surface area contributed by atoms with Crippen molar-refractivity contribution in [1.29, 1.82) is 0 Å². The molecule has 0 spiro atoms. The van der Waals surface area contributed by atoms with Gasteiger partial charge >= 0.3 is 12.1 Å². The first-order valence-corrected chi connectivity index (χ1v) is 13.2. The highest BCUT2D eigenvalue weighted by Crippen LogP contribution is 2.34. The summed E-state index contributed by atoms with van der Waals surface area (Å²) < 4.78 is 10.1. The van der Waals surface area contributed by atoms with Crippen LogP contribution >= 0.6 is 0 Å². The fourth-order valence-corrected chi connectivity index (χ4v) is 4.16. The minimum Gasteiger partial charge on any atom is -0.468 e. The molecule has 2 rings (SSSR count). The molecule has 1 aliphatic carbocycles. The van der Waals surface area contributed by atoms with Crippen molar-refractivity contribution in [3.8, 4) is 0 Å². The van der Waals surface area contributed by atoms with Crippen LogP contribution in [0.1, 0.15) is 84.4 Å². The summed E-state index contributed by atoms with van der Waals surface area (Å²) in [5.41, 5.74) is 1.01. The number of rotatable bonds is 11. The second-order valence-electron chi connectivity index (χ2n) is 10.6. The summed E-state index contributed by atoms with van der Waals surface area (Å²) in [6.45, 7) is 10.8. The molecule has 3 unspecified atom stereocenters. The molecule has 37 heavy (non-hydrogen) atoms. The first kappa shape index (κ1) is 30.1. The van der Waals surface area contributed by atoms with Crippen LogP contribution in [0.3, 0.4) is 0 Å². The van der Waals surface area contributed by atoms with E-state index in [4.69, 9.17) is 4.74 Å². The second-order valence-corrected chi connectivity index (χ2v) is 10.6. The van der Waals surface area contributed by atoms with Gasteiger partial charge in [0.2, 0.25) is 11.8 Å². The number of esters is 1. The lowest BCUT2D eigenvalue weighted by atomic mass is 9.86. The average Bonchev–Trinajstić information content (AvgIpc) is 2.82. The summed E-state index contributed by atoms with van der Waals surface area (Å²) in [4.78, 5) is 53.8. The largest absolute Gasteiger partial charge is 0.468 e. The highest BCUT2D eigenvalue weighted by Gasteiger charge is 2.43. The number of alkyl carbamates (subject to hydrolysis) is 1. The number of methoxy groups -OCH3 is 1. The number of amides is 3. The maximum Gasteiger partial charge on any atom is 0.408 e. The fourth-order valence-electron chi connectivity index (χ4n) is 4.16. The van der Waals surface area contributed by atoms with Gasteiger partial charge in [-0.3, -0.25) is 14.4 Å². The summed E-state index contributed by atoms with van der Waals surface area (Å²) in [5, 5.41) is 5.41. The average molecular weight is 518 g/mol. The minimum atomic E-state index is -0.972. The SMILES string of the molecule is CCc1ccc(C(C(=O)NCC(=O)OC)N(C(=O)C(NC(=O)OC(C)(C)C)C(C)CC)C2CCC2)cc1. The fraction of sp³-hybridized carbons (Fsp3) is 0.643. The van der Waals surface area contributed by atoms with Crippen molar-refractivity contribution in [1.82, 2.24) is 15.5 Å². The number of carbonyl (C=O) groups is 4. The molecule has 9 heteroatoms. The molecule has 0 saturated heterocycles.